The van der Waals surface area contributed by atoms with E-state index in [-0.39, 0.29) is 11.6 Å². The Labute approximate surface area is 163 Å². The first-order valence-corrected chi connectivity index (χ1v) is 9.22. The Morgan fingerprint density at radius 3 is 2.32 bits per heavy atom. The number of methoxy groups -OCH3 is 2. The van der Waals surface area contributed by atoms with E-state index >= 15 is 0 Å². The van der Waals surface area contributed by atoms with Crippen molar-refractivity contribution in [2.24, 2.45) is 0 Å². The van der Waals surface area contributed by atoms with Gasteiger partial charge in [-0.15, -0.1) is 0 Å². The number of benzene rings is 2. The van der Waals surface area contributed by atoms with Crippen molar-refractivity contribution >= 4 is 22.3 Å². The van der Waals surface area contributed by atoms with E-state index in [0.29, 0.717) is 22.6 Å². The highest BCUT2D eigenvalue weighted by molar-refractivity contribution is 6.08. The van der Waals surface area contributed by atoms with Gasteiger partial charge in [-0.3, -0.25) is 9.59 Å². The molecule has 1 aliphatic heterocycles. The molecule has 142 valence electrons. The molecule has 0 saturated carbocycles. The predicted molar refractivity (Wildman–Crippen MR) is 106 cm³/mol. The SMILES string of the molecule is COc1ccc2cc3[n+](cc2c1OC)CCc1cc(C(C)=O)c(C(C)=O)cc1-3. The molecule has 0 spiro atoms. The second kappa shape index (κ2) is 6.75. The minimum absolute atomic E-state index is 0.0817. The van der Waals surface area contributed by atoms with Crippen molar-refractivity contribution in [2.75, 3.05) is 14.2 Å². The standard InChI is InChI=1S/C23H22NO4/c1-13(25)17-9-16-7-8-24-12-20-15(5-6-22(27-3)23(20)28-4)10-21(24)19(16)11-18(17)14(2)26/h5-6,9-12H,7-8H2,1-4H3/q+1. The molecule has 0 radical (unpaired) electrons. The van der Waals surface area contributed by atoms with E-state index in [9.17, 15) is 9.59 Å². The maximum Gasteiger partial charge on any atom is 0.213 e. The highest BCUT2D eigenvalue weighted by Crippen LogP contribution is 2.37. The molecule has 0 amide bonds. The van der Waals surface area contributed by atoms with Crippen molar-refractivity contribution in [3.63, 3.8) is 0 Å². The number of ketones is 2. The molecule has 2 aromatic carbocycles. The molecule has 28 heavy (non-hydrogen) atoms. The lowest BCUT2D eigenvalue weighted by Crippen LogP contribution is -2.40. The lowest BCUT2D eigenvalue weighted by Gasteiger charge is -2.18. The molecule has 5 nitrogen and oxygen atoms in total. The molecule has 1 aliphatic rings. The van der Waals surface area contributed by atoms with Crippen molar-refractivity contribution in [1.29, 1.82) is 0 Å². The van der Waals surface area contributed by atoms with Crippen molar-refractivity contribution in [1.82, 2.24) is 0 Å². The molecule has 0 fully saturated rings. The summed E-state index contributed by atoms with van der Waals surface area (Å²) in [6.45, 7) is 3.80. The number of rotatable bonds is 4. The number of ether oxygens (including phenoxy) is 2. The zero-order chi connectivity index (χ0) is 20.0. The van der Waals surface area contributed by atoms with Crippen LogP contribution in [0.2, 0.25) is 0 Å². The topological polar surface area (TPSA) is 56.5 Å². The van der Waals surface area contributed by atoms with E-state index in [4.69, 9.17) is 9.47 Å². The third-order valence-electron chi connectivity index (χ3n) is 5.40. The first-order valence-electron chi connectivity index (χ1n) is 9.22. The zero-order valence-corrected chi connectivity index (χ0v) is 16.5. The van der Waals surface area contributed by atoms with Crippen LogP contribution in [-0.4, -0.2) is 25.8 Å². The van der Waals surface area contributed by atoms with Crippen LogP contribution in [0.4, 0.5) is 0 Å². The largest absolute Gasteiger partial charge is 0.493 e. The second-order valence-electron chi connectivity index (χ2n) is 7.07. The lowest BCUT2D eigenvalue weighted by molar-refractivity contribution is -0.686. The quantitative estimate of drug-likeness (QED) is 0.514. The number of aromatic nitrogens is 1. The molecule has 0 saturated heterocycles. The smallest absolute Gasteiger partial charge is 0.213 e. The Morgan fingerprint density at radius 2 is 1.68 bits per heavy atom. The van der Waals surface area contributed by atoms with E-state index < -0.39 is 0 Å². The summed E-state index contributed by atoms with van der Waals surface area (Å²) in [5.74, 6) is 1.22. The summed E-state index contributed by atoms with van der Waals surface area (Å²) in [4.78, 5) is 24.2. The van der Waals surface area contributed by atoms with Crippen LogP contribution in [0.15, 0.2) is 36.5 Å². The van der Waals surface area contributed by atoms with Crippen LogP contribution in [0.5, 0.6) is 11.5 Å². The molecule has 1 aromatic heterocycles. The monoisotopic (exact) mass is 376 g/mol. The molecule has 0 unspecified atom stereocenters. The first-order chi connectivity index (χ1) is 13.4. The van der Waals surface area contributed by atoms with Gasteiger partial charge < -0.3 is 9.47 Å². The summed E-state index contributed by atoms with van der Waals surface area (Å²) in [6.07, 6.45) is 2.87. The van der Waals surface area contributed by atoms with E-state index in [1.54, 1.807) is 14.2 Å². The van der Waals surface area contributed by atoms with Crippen LogP contribution in [0.1, 0.15) is 40.1 Å². The molecule has 0 N–H and O–H groups in total. The summed E-state index contributed by atoms with van der Waals surface area (Å²) >= 11 is 0. The third kappa shape index (κ3) is 2.74. The minimum atomic E-state index is -0.0997. The van der Waals surface area contributed by atoms with Gasteiger partial charge in [-0.2, -0.15) is 4.57 Å². The number of pyridine rings is 1. The zero-order valence-electron chi connectivity index (χ0n) is 16.5. The Balaban J connectivity index is 1.99. The Morgan fingerprint density at radius 1 is 0.964 bits per heavy atom. The number of hydrogen-bond donors (Lipinski definition) is 0. The van der Waals surface area contributed by atoms with Crippen molar-refractivity contribution in [3.05, 3.63) is 53.2 Å². The van der Waals surface area contributed by atoms with Crippen LogP contribution < -0.4 is 14.0 Å². The number of carbonyl (C=O) groups is 2. The third-order valence-corrected chi connectivity index (χ3v) is 5.40. The van der Waals surface area contributed by atoms with Gasteiger partial charge in [0, 0.05) is 23.6 Å². The fourth-order valence-electron chi connectivity index (χ4n) is 4.01. The molecule has 3 aromatic rings. The summed E-state index contributed by atoms with van der Waals surface area (Å²) in [7, 11) is 3.26. The van der Waals surface area contributed by atoms with E-state index in [2.05, 4.69) is 16.8 Å². The average molecular weight is 376 g/mol. The van der Waals surface area contributed by atoms with Gasteiger partial charge in [0.15, 0.2) is 35.8 Å². The molecule has 4 rings (SSSR count). The predicted octanol–water partition coefficient (Wildman–Crippen LogP) is 3.77. The molecule has 0 aliphatic carbocycles. The number of Topliss-reactive ketones (excluding diaryl/α,β-unsaturated/α-hetero) is 2. The van der Waals surface area contributed by atoms with Crippen molar-refractivity contribution in [2.45, 2.75) is 26.8 Å². The number of hydrogen-bond acceptors (Lipinski definition) is 4. The van der Waals surface area contributed by atoms with Gasteiger partial charge >= 0.3 is 0 Å². The van der Waals surface area contributed by atoms with Gasteiger partial charge in [0.1, 0.15) is 0 Å². The summed E-state index contributed by atoms with van der Waals surface area (Å²) in [5.41, 5.74) is 4.10. The lowest BCUT2D eigenvalue weighted by atomic mass is 9.89. The normalized spacial score (nSPS) is 12.3. The first kappa shape index (κ1) is 18.2. The number of aryl methyl sites for hydroxylation is 2. The molecule has 0 bridgehead atoms. The van der Waals surface area contributed by atoms with Gasteiger partial charge in [0.25, 0.3) is 0 Å². The van der Waals surface area contributed by atoms with Gasteiger partial charge in [-0.05, 0) is 49.1 Å². The van der Waals surface area contributed by atoms with Crippen molar-refractivity contribution in [3.8, 4) is 22.8 Å². The maximum atomic E-state index is 12.1. The molecule has 5 heteroatoms. The fourth-order valence-corrected chi connectivity index (χ4v) is 4.01. The van der Waals surface area contributed by atoms with Crippen LogP contribution in [0.25, 0.3) is 22.0 Å². The van der Waals surface area contributed by atoms with E-state index in [0.717, 1.165) is 40.6 Å². The Bertz CT molecular complexity index is 1150. The summed E-state index contributed by atoms with van der Waals surface area (Å²) in [6, 6.07) is 9.75. The number of fused-ring (bicyclic) bond motifs is 4. The van der Waals surface area contributed by atoms with Crippen molar-refractivity contribution < 1.29 is 23.6 Å². The van der Waals surface area contributed by atoms with Gasteiger partial charge in [0.2, 0.25) is 5.69 Å². The summed E-state index contributed by atoms with van der Waals surface area (Å²) < 4.78 is 13.2. The summed E-state index contributed by atoms with van der Waals surface area (Å²) in [5, 5.41) is 2.00. The minimum Gasteiger partial charge on any atom is -0.493 e. The van der Waals surface area contributed by atoms with Crippen LogP contribution >= 0.6 is 0 Å². The molecule has 0 atom stereocenters. The highest BCUT2D eigenvalue weighted by atomic mass is 16.5. The average Bonchev–Trinajstić information content (AvgIpc) is 2.70. The number of nitrogens with zero attached hydrogens (tertiary/aromatic N) is 1. The molecular formula is C23H22NO4+. The van der Waals surface area contributed by atoms with Gasteiger partial charge in [-0.1, -0.05) is 0 Å². The van der Waals surface area contributed by atoms with Crippen LogP contribution in [0.3, 0.4) is 0 Å². The van der Waals surface area contributed by atoms with Crippen LogP contribution in [-0.2, 0) is 13.0 Å². The molecular weight excluding hydrogens is 354 g/mol. The van der Waals surface area contributed by atoms with E-state index in [1.807, 2.05) is 24.3 Å². The van der Waals surface area contributed by atoms with Gasteiger partial charge in [0.05, 0.1) is 25.2 Å². The van der Waals surface area contributed by atoms with Crippen LogP contribution in [0, 0.1) is 0 Å². The van der Waals surface area contributed by atoms with E-state index in [1.165, 1.54) is 13.8 Å². The maximum absolute atomic E-state index is 12.1. The number of carbonyl (C=O) groups excluding carboxylic acids is 2. The highest BCUT2D eigenvalue weighted by Gasteiger charge is 2.27. The fraction of sp³-hybridized carbons (Fsp3) is 0.261. The Kier molecular flexibility index (Phi) is 4.38. The molecule has 2 heterocycles. The Hall–Kier alpha value is -3.21. The van der Waals surface area contributed by atoms with Gasteiger partial charge in [-0.25, -0.2) is 0 Å². The second-order valence-corrected chi connectivity index (χ2v) is 7.07.